The van der Waals surface area contributed by atoms with E-state index in [0.29, 0.717) is 13.2 Å². The SMILES string of the molecule is CCOc1cc(CN2CC[C@@H](O)C2)ccc1OCC=C(C)C. The topological polar surface area (TPSA) is 41.9 Å². The van der Waals surface area contributed by atoms with E-state index < -0.39 is 0 Å². The molecule has 4 nitrogen and oxygen atoms in total. The zero-order valence-electron chi connectivity index (χ0n) is 13.8. The normalized spacial score (nSPS) is 18.3. The molecular weight excluding hydrogens is 278 g/mol. The lowest BCUT2D eigenvalue weighted by molar-refractivity contribution is 0.174. The van der Waals surface area contributed by atoms with Gasteiger partial charge in [-0.05, 0) is 51.0 Å². The summed E-state index contributed by atoms with van der Waals surface area (Å²) >= 11 is 0. The van der Waals surface area contributed by atoms with E-state index >= 15 is 0 Å². The molecule has 1 heterocycles. The molecule has 1 aliphatic heterocycles. The average Bonchev–Trinajstić information content (AvgIpc) is 2.86. The molecule has 1 atom stereocenters. The smallest absolute Gasteiger partial charge is 0.161 e. The van der Waals surface area contributed by atoms with E-state index in [1.807, 2.05) is 19.1 Å². The standard InChI is InChI=1S/C18H27NO3/c1-4-21-18-11-15(12-19-9-7-16(20)13-19)5-6-17(18)22-10-8-14(2)3/h5-6,8,11,16,20H,4,7,9-10,12-13H2,1-3H3/t16-/m1/s1. The Labute approximate surface area is 133 Å². The second-order valence-corrected chi connectivity index (χ2v) is 5.98. The summed E-state index contributed by atoms with van der Waals surface area (Å²) in [6.07, 6.45) is 2.73. The average molecular weight is 305 g/mol. The van der Waals surface area contributed by atoms with Crippen LogP contribution in [0.3, 0.4) is 0 Å². The van der Waals surface area contributed by atoms with Crippen LogP contribution in [0.25, 0.3) is 0 Å². The van der Waals surface area contributed by atoms with Gasteiger partial charge in [0.15, 0.2) is 11.5 Å². The summed E-state index contributed by atoms with van der Waals surface area (Å²) in [5.41, 5.74) is 2.43. The highest BCUT2D eigenvalue weighted by molar-refractivity contribution is 5.43. The van der Waals surface area contributed by atoms with E-state index in [1.54, 1.807) is 0 Å². The Morgan fingerprint density at radius 2 is 2.14 bits per heavy atom. The van der Waals surface area contributed by atoms with Crippen molar-refractivity contribution in [3.63, 3.8) is 0 Å². The van der Waals surface area contributed by atoms with Gasteiger partial charge in [0.25, 0.3) is 0 Å². The first-order valence-electron chi connectivity index (χ1n) is 8.00. The third kappa shape index (κ3) is 5.04. The Kier molecular flexibility index (Phi) is 6.28. The van der Waals surface area contributed by atoms with Crippen molar-refractivity contribution < 1.29 is 14.6 Å². The lowest BCUT2D eigenvalue weighted by atomic mass is 10.2. The maximum Gasteiger partial charge on any atom is 0.161 e. The van der Waals surface area contributed by atoms with E-state index in [4.69, 9.17) is 9.47 Å². The number of aliphatic hydroxyl groups excluding tert-OH is 1. The lowest BCUT2D eigenvalue weighted by Crippen LogP contribution is -2.21. The fraction of sp³-hybridized carbons (Fsp3) is 0.556. The fourth-order valence-corrected chi connectivity index (χ4v) is 2.55. The van der Waals surface area contributed by atoms with E-state index in [9.17, 15) is 5.11 Å². The summed E-state index contributed by atoms with van der Waals surface area (Å²) in [6.45, 7) is 9.80. The molecule has 1 aliphatic rings. The van der Waals surface area contributed by atoms with Gasteiger partial charge in [0.2, 0.25) is 0 Å². The number of β-amino-alcohol motifs (C(OH)–C–C–N with tert-alkyl or cyclic N) is 1. The summed E-state index contributed by atoms with van der Waals surface area (Å²) in [5.74, 6) is 1.58. The van der Waals surface area contributed by atoms with Gasteiger partial charge in [-0.3, -0.25) is 4.90 Å². The lowest BCUT2D eigenvalue weighted by Gasteiger charge is -2.17. The van der Waals surface area contributed by atoms with E-state index in [0.717, 1.165) is 37.6 Å². The maximum atomic E-state index is 9.61. The minimum Gasteiger partial charge on any atom is -0.490 e. The molecule has 4 heteroatoms. The first-order valence-corrected chi connectivity index (χ1v) is 8.00. The van der Waals surface area contributed by atoms with Crippen LogP contribution in [0.4, 0.5) is 0 Å². The molecule has 0 bridgehead atoms. The molecule has 1 aromatic carbocycles. The molecule has 0 aromatic heterocycles. The molecule has 22 heavy (non-hydrogen) atoms. The molecule has 0 aliphatic carbocycles. The minimum absolute atomic E-state index is 0.182. The third-order valence-electron chi connectivity index (χ3n) is 3.69. The molecule has 1 aromatic rings. The summed E-state index contributed by atoms with van der Waals surface area (Å²) in [5, 5.41) is 9.61. The van der Waals surface area contributed by atoms with Gasteiger partial charge < -0.3 is 14.6 Å². The van der Waals surface area contributed by atoms with Gasteiger partial charge in [0.05, 0.1) is 12.7 Å². The van der Waals surface area contributed by atoms with Crippen LogP contribution < -0.4 is 9.47 Å². The Morgan fingerprint density at radius 3 is 2.77 bits per heavy atom. The van der Waals surface area contributed by atoms with Gasteiger partial charge >= 0.3 is 0 Å². The third-order valence-corrected chi connectivity index (χ3v) is 3.69. The Balaban J connectivity index is 2.03. The highest BCUT2D eigenvalue weighted by atomic mass is 16.5. The molecular formula is C18H27NO3. The zero-order chi connectivity index (χ0) is 15.9. The van der Waals surface area contributed by atoms with Crippen LogP contribution in [-0.2, 0) is 6.54 Å². The van der Waals surface area contributed by atoms with Crippen LogP contribution in [-0.4, -0.2) is 42.4 Å². The van der Waals surface area contributed by atoms with Gasteiger partial charge in [-0.1, -0.05) is 11.6 Å². The first kappa shape index (κ1) is 16.8. The van der Waals surface area contributed by atoms with Crippen LogP contribution in [0, 0.1) is 0 Å². The Bertz CT molecular complexity index is 509. The van der Waals surface area contributed by atoms with Crippen LogP contribution in [0.1, 0.15) is 32.8 Å². The number of likely N-dealkylation sites (tertiary alicyclic amines) is 1. The molecule has 0 radical (unpaired) electrons. The maximum absolute atomic E-state index is 9.61. The van der Waals surface area contributed by atoms with Gasteiger partial charge in [-0.25, -0.2) is 0 Å². The summed E-state index contributed by atoms with van der Waals surface area (Å²) in [7, 11) is 0. The van der Waals surface area contributed by atoms with Crippen LogP contribution in [0.15, 0.2) is 29.8 Å². The summed E-state index contributed by atoms with van der Waals surface area (Å²) in [4.78, 5) is 2.26. The molecule has 1 fully saturated rings. The van der Waals surface area contributed by atoms with E-state index in [-0.39, 0.29) is 6.10 Å². The molecule has 1 N–H and O–H groups in total. The number of rotatable bonds is 7. The second-order valence-electron chi connectivity index (χ2n) is 5.98. The Morgan fingerprint density at radius 1 is 1.32 bits per heavy atom. The highest BCUT2D eigenvalue weighted by Gasteiger charge is 2.20. The molecule has 2 rings (SSSR count). The molecule has 0 saturated carbocycles. The van der Waals surface area contributed by atoms with Crippen molar-refractivity contribution in [2.24, 2.45) is 0 Å². The number of hydrogen-bond acceptors (Lipinski definition) is 4. The molecule has 122 valence electrons. The second kappa shape index (κ2) is 8.20. The zero-order valence-corrected chi connectivity index (χ0v) is 13.8. The van der Waals surface area contributed by atoms with Crippen LogP contribution >= 0.6 is 0 Å². The number of nitrogens with zero attached hydrogens (tertiary/aromatic N) is 1. The van der Waals surface area contributed by atoms with E-state index in [2.05, 4.69) is 30.9 Å². The number of hydrogen-bond donors (Lipinski definition) is 1. The van der Waals surface area contributed by atoms with E-state index in [1.165, 1.54) is 11.1 Å². The quantitative estimate of drug-likeness (QED) is 0.786. The molecule has 0 unspecified atom stereocenters. The monoisotopic (exact) mass is 305 g/mol. The predicted octanol–water partition coefficient (Wildman–Crippen LogP) is 3.00. The summed E-state index contributed by atoms with van der Waals surface area (Å²) in [6, 6.07) is 6.10. The summed E-state index contributed by atoms with van der Waals surface area (Å²) < 4.78 is 11.5. The van der Waals surface area contributed by atoms with Crippen molar-refractivity contribution in [2.45, 2.75) is 39.8 Å². The molecule has 0 amide bonds. The van der Waals surface area contributed by atoms with Gasteiger partial charge in [0.1, 0.15) is 6.61 Å². The van der Waals surface area contributed by atoms with Gasteiger partial charge in [0, 0.05) is 19.6 Å². The highest BCUT2D eigenvalue weighted by Crippen LogP contribution is 2.29. The van der Waals surface area contributed by atoms with Crippen molar-refractivity contribution >= 4 is 0 Å². The van der Waals surface area contributed by atoms with Gasteiger partial charge in [-0.15, -0.1) is 0 Å². The predicted molar refractivity (Wildman–Crippen MR) is 88.4 cm³/mol. The number of allylic oxidation sites excluding steroid dienone is 1. The van der Waals surface area contributed by atoms with Gasteiger partial charge in [-0.2, -0.15) is 0 Å². The van der Waals surface area contributed by atoms with Crippen LogP contribution in [0.2, 0.25) is 0 Å². The largest absolute Gasteiger partial charge is 0.490 e. The van der Waals surface area contributed by atoms with Crippen molar-refractivity contribution in [1.29, 1.82) is 0 Å². The number of benzene rings is 1. The number of aliphatic hydroxyl groups is 1. The first-order chi connectivity index (χ1) is 10.6. The Hall–Kier alpha value is -1.52. The van der Waals surface area contributed by atoms with Crippen molar-refractivity contribution in [2.75, 3.05) is 26.3 Å². The minimum atomic E-state index is -0.182. The van der Waals surface area contributed by atoms with Crippen molar-refractivity contribution in [3.05, 3.63) is 35.4 Å². The van der Waals surface area contributed by atoms with Crippen molar-refractivity contribution in [1.82, 2.24) is 4.90 Å². The van der Waals surface area contributed by atoms with Crippen LogP contribution in [0.5, 0.6) is 11.5 Å². The van der Waals surface area contributed by atoms with Crippen molar-refractivity contribution in [3.8, 4) is 11.5 Å². The molecule has 0 spiro atoms. The fourth-order valence-electron chi connectivity index (χ4n) is 2.55. The molecule has 1 saturated heterocycles. The number of ether oxygens (including phenoxy) is 2.